The number of hydrogen-bond acceptors (Lipinski definition) is 3. The van der Waals surface area contributed by atoms with E-state index in [-0.39, 0.29) is 6.61 Å². The van der Waals surface area contributed by atoms with Crippen LogP contribution in [0, 0.1) is 5.92 Å². The third kappa shape index (κ3) is 2.72. The molecule has 94 valence electrons. The number of rotatable bonds is 6. The minimum Gasteiger partial charge on any atom is -0.497 e. The molecule has 1 aromatic rings. The zero-order valence-electron chi connectivity index (χ0n) is 10.5. The predicted molar refractivity (Wildman–Crippen MR) is 66.7 cm³/mol. The fourth-order valence-corrected chi connectivity index (χ4v) is 2.41. The second kappa shape index (κ2) is 5.41. The maximum absolute atomic E-state index is 9.19. The number of hydrogen-bond donors (Lipinski definition) is 1. The number of aliphatic hydroxyl groups excluding tert-OH is 1. The molecule has 1 N–H and O–H groups in total. The lowest BCUT2D eigenvalue weighted by Crippen LogP contribution is -2.06. The summed E-state index contributed by atoms with van der Waals surface area (Å²) in [5.74, 6) is 2.84. The first-order valence-electron chi connectivity index (χ1n) is 6.13. The summed E-state index contributed by atoms with van der Waals surface area (Å²) in [6.45, 7) is 0.224. The van der Waals surface area contributed by atoms with Gasteiger partial charge < -0.3 is 14.6 Å². The summed E-state index contributed by atoms with van der Waals surface area (Å²) >= 11 is 0. The molecule has 3 heteroatoms. The monoisotopic (exact) mass is 236 g/mol. The van der Waals surface area contributed by atoms with Crippen molar-refractivity contribution in [3.05, 3.63) is 23.8 Å². The Morgan fingerprint density at radius 1 is 1.29 bits per heavy atom. The summed E-state index contributed by atoms with van der Waals surface area (Å²) in [5, 5.41) is 9.19. The Labute approximate surface area is 102 Å². The highest BCUT2D eigenvalue weighted by Crippen LogP contribution is 2.47. The molecule has 3 nitrogen and oxygen atoms in total. The quantitative estimate of drug-likeness (QED) is 0.825. The molecule has 0 saturated heterocycles. The molecule has 2 rings (SSSR count). The van der Waals surface area contributed by atoms with E-state index in [1.165, 1.54) is 18.4 Å². The third-order valence-electron chi connectivity index (χ3n) is 3.47. The molecule has 1 fully saturated rings. The summed E-state index contributed by atoms with van der Waals surface area (Å²) in [7, 11) is 3.36. The summed E-state index contributed by atoms with van der Waals surface area (Å²) in [6.07, 6.45) is 3.31. The first-order chi connectivity index (χ1) is 8.30. The van der Waals surface area contributed by atoms with E-state index in [0.717, 1.165) is 17.9 Å². The summed E-state index contributed by atoms with van der Waals surface area (Å²) in [4.78, 5) is 0. The van der Waals surface area contributed by atoms with Crippen LogP contribution in [0.3, 0.4) is 0 Å². The van der Waals surface area contributed by atoms with Gasteiger partial charge in [-0.2, -0.15) is 0 Å². The topological polar surface area (TPSA) is 38.7 Å². The highest BCUT2D eigenvalue weighted by molar-refractivity contribution is 5.43. The molecule has 0 heterocycles. The first kappa shape index (κ1) is 12.2. The Morgan fingerprint density at radius 2 is 2.06 bits per heavy atom. The molecule has 1 saturated carbocycles. The average molecular weight is 236 g/mol. The van der Waals surface area contributed by atoms with Gasteiger partial charge in [0.1, 0.15) is 11.5 Å². The number of ether oxygens (including phenoxy) is 2. The van der Waals surface area contributed by atoms with Crippen molar-refractivity contribution >= 4 is 0 Å². The molecule has 0 bridgehead atoms. The largest absolute Gasteiger partial charge is 0.497 e. The molecular formula is C14H20O3. The van der Waals surface area contributed by atoms with Crippen LogP contribution in [0.4, 0.5) is 0 Å². The zero-order valence-corrected chi connectivity index (χ0v) is 10.5. The fourth-order valence-electron chi connectivity index (χ4n) is 2.41. The third-order valence-corrected chi connectivity index (χ3v) is 3.47. The standard InChI is InChI=1S/C14H20O3/c1-16-11-5-6-14(17-2)13(9-11)12(7-8-15)10-3-4-10/h5-6,9-10,12,15H,3-4,7-8H2,1-2H3. The summed E-state index contributed by atoms with van der Waals surface area (Å²) < 4.78 is 10.7. The van der Waals surface area contributed by atoms with Gasteiger partial charge in [-0.25, -0.2) is 0 Å². The molecule has 0 spiro atoms. The predicted octanol–water partition coefficient (Wildman–Crippen LogP) is 2.58. The van der Waals surface area contributed by atoms with Crippen LogP contribution in [-0.2, 0) is 0 Å². The molecule has 0 radical (unpaired) electrons. The van der Waals surface area contributed by atoms with Crippen molar-refractivity contribution in [2.75, 3.05) is 20.8 Å². The van der Waals surface area contributed by atoms with Crippen molar-refractivity contribution < 1.29 is 14.6 Å². The van der Waals surface area contributed by atoms with E-state index in [1.807, 2.05) is 18.2 Å². The van der Waals surface area contributed by atoms with E-state index in [0.29, 0.717) is 11.8 Å². The number of benzene rings is 1. The number of aliphatic hydroxyl groups is 1. The van der Waals surface area contributed by atoms with Crippen LogP contribution in [0.5, 0.6) is 11.5 Å². The molecule has 1 unspecified atom stereocenters. The highest BCUT2D eigenvalue weighted by Gasteiger charge is 2.33. The molecule has 0 aromatic heterocycles. The van der Waals surface area contributed by atoms with Gasteiger partial charge in [0.25, 0.3) is 0 Å². The summed E-state index contributed by atoms with van der Waals surface area (Å²) in [5.41, 5.74) is 1.17. The maximum Gasteiger partial charge on any atom is 0.122 e. The molecule has 0 aliphatic heterocycles. The van der Waals surface area contributed by atoms with Crippen LogP contribution in [-0.4, -0.2) is 25.9 Å². The minimum absolute atomic E-state index is 0.224. The Morgan fingerprint density at radius 3 is 2.59 bits per heavy atom. The van der Waals surface area contributed by atoms with Crippen molar-refractivity contribution in [1.29, 1.82) is 0 Å². The SMILES string of the molecule is COc1ccc(OC)c(C(CCO)C2CC2)c1. The van der Waals surface area contributed by atoms with Crippen LogP contribution in [0.1, 0.15) is 30.7 Å². The van der Waals surface area contributed by atoms with Gasteiger partial charge in [0, 0.05) is 12.2 Å². The van der Waals surface area contributed by atoms with E-state index in [4.69, 9.17) is 9.47 Å². The van der Waals surface area contributed by atoms with Gasteiger partial charge in [-0.1, -0.05) is 0 Å². The van der Waals surface area contributed by atoms with Gasteiger partial charge in [-0.15, -0.1) is 0 Å². The lowest BCUT2D eigenvalue weighted by Gasteiger charge is -2.19. The van der Waals surface area contributed by atoms with E-state index in [2.05, 4.69) is 0 Å². The molecule has 17 heavy (non-hydrogen) atoms. The Hall–Kier alpha value is -1.22. The summed E-state index contributed by atoms with van der Waals surface area (Å²) in [6, 6.07) is 5.89. The highest BCUT2D eigenvalue weighted by atomic mass is 16.5. The molecular weight excluding hydrogens is 216 g/mol. The number of methoxy groups -OCH3 is 2. The van der Waals surface area contributed by atoms with E-state index >= 15 is 0 Å². The lowest BCUT2D eigenvalue weighted by atomic mass is 9.90. The van der Waals surface area contributed by atoms with Gasteiger partial charge in [0.05, 0.1) is 14.2 Å². The molecule has 1 aromatic carbocycles. The van der Waals surface area contributed by atoms with Crippen molar-refractivity contribution in [2.45, 2.75) is 25.2 Å². The van der Waals surface area contributed by atoms with E-state index in [9.17, 15) is 5.11 Å². The smallest absolute Gasteiger partial charge is 0.122 e. The van der Waals surface area contributed by atoms with Gasteiger partial charge >= 0.3 is 0 Å². The minimum atomic E-state index is 0.224. The zero-order chi connectivity index (χ0) is 12.3. The molecule has 1 aliphatic rings. The maximum atomic E-state index is 9.19. The van der Waals surface area contributed by atoms with Crippen LogP contribution in [0.15, 0.2) is 18.2 Å². The molecule has 1 aliphatic carbocycles. The van der Waals surface area contributed by atoms with Crippen LogP contribution in [0.25, 0.3) is 0 Å². The normalized spacial score (nSPS) is 16.6. The average Bonchev–Trinajstić information content (AvgIpc) is 3.19. The van der Waals surface area contributed by atoms with Crippen molar-refractivity contribution in [3.8, 4) is 11.5 Å². The Kier molecular flexibility index (Phi) is 3.89. The van der Waals surface area contributed by atoms with Crippen molar-refractivity contribution in [1.82, 2.24) is 0 Å². The van der Waals surface area contributed by atoms with Crippen molar-refractivity contribution in [3.63, 3.8) is 0 Å². The van der Waals surface area contributed by atoms with Crippen LogP contribution < -0.4 is 9.47 Å². The van der Waals surface area contributed by atoms with Gasteiger partial charge in [-0.05, 0) is 49.3 Å². The van der Waals surface area contributed by atoms with Crippen LogP contribution in [0.2, 0.25) is 0 Å². The van der Waals surface area contributed by atoms with E-state index < -0.39 is 0 Å². The second-order valence-electron chi connectivity index (χ2n) is 4.56. The van der Waals surface area contributed by atoms with Gasteiger partial charge in [0.15, 0.2) is 0 Å². The van der Waals surface area contributed by atoms with Crippen LogP contribution >= 0.6 is 0 Å². The van der Waals surface area contributed by atoms with E-state index in [1.54, 1.807) is 14.2 Å². The molecule has 1 atom stereocenters. The second-order valence-corrected chi connectivity index (χ2v) is 4.56. The van der Waals surface area contributed by atoms with Gasteiger partial charge in [0.2, 0.25) is 0 Å². The fraction of sp³-hybridized carbons (Fsp3) is 0.571. The lowest BCUT2D eigenvalue weighted by molar-refractivity contribution is 0.267. The Bertz CT molecular complexity index is 372. The molecule has 0 amide bonds. The Balaban J connectivity index is 2.31. The van der Waals surface area contributed by atoms with Gasteiger partial charge in [-0.3, -0.25) is 0 Å². The first-order valence-corrected chi connectivity index (χ1v) is 6.13. The van der Waals surface area contributed by atoms with Crippen molar-refractivity contribution in [2.24, 2.45) is 5.92 Å².